The van der Waals surface area contributed by atoms with Crippen molar-refractivity contribution in [3.8, 4) is 0 Å². The van der Waals surface area contributed by atoms with Crippen LogP contribution in [0.3, 0.4) is 0 Å². The van der Waals surface area contributed by atoms with Crippen LogP contribution >= 0.6 is 19.0 Å². The highest BCUT2D eigenvalue weighted by Gasteiger charge is 2.36. The van der Waals surface area contributed by atoms with Gasteiger partial charge in [-0.25, -0.2) is 4.85 Å². The summed E-state index contributed by atoms with van der Waals surface area (Å²) in [5, 5.41) is 1.41. The number of nitrogens with zero attached hydrogens (tertiary/aromatic N) is 1. The monoisotopic (exact) mass is 415 g/mol. The number of carbonyl (C=O) groups is 1. The fourth-order valence-corrected chi connectivity index (χ4v) is 5.55. The number of halogens is 1. The number of hydrogen-bond acceptors (Lipinski definition) is 3. The lowest BCUT2D eigenvalue weighted by Crippen LogP contribution is -2.26. The van der Waals surface area contributed by atoms with Crippen molar-refractivity contribution in [2.45, 2.75) is 19.8 Å². The second-order valence-corrected chi connectivity index (χ2v) is 9.55. The molecule has 0 saturated heterocycles. The molecule has 3 rings (SSSR count). The fourth-order valence-electron chi connectivity index (χ4n) is 3.15. The van der Waals surface area contributed by atoms with Gasteiger partial charge in [0.25, 0.3) is 13.3 Å². The quantitative estimate of drug-likeness (QED) is 0.476. The van der Waals surface area contributed by atoms with Crippen LogP contribution in [0.25, 0.3) is 15.7 Å². The smallest absolute Gasteiger partial charge is 0.266 e. The first-order chi connectivity index (χ1) is 13.2. The molecule has 1 amide bonds. The Morgan fingerprint density at radius 2 is 2.00 bits per heavy atom. The molecular formula is C20H19ClN3O3P. The highest BCUT2D eigenvalue weighted by Crippen LogP contribution is 2.48. The summed E-state index contributed by atoms with van der Waals surface area (Å²) in [6.45, 7) is 11.3. The van der Waals surface area contributed by atoms with E-state index in [1.165, 1.54) is 13.2 Å². The Balaban J connectivity index is 2.41. The average Bonchev–Trinajstić information content (AvgIpc) is 3.06. The van der Waals surface area contributed by atoms with E-state index in [9.17, 15) is 9.36 Å². The molecule has 1 aromatic heterocycles. The van der Waals surface area contributed by atoms with Gasteiger partial charge < -0.3 is 15.2 Å². The van der Waals surface area contributed by atoms with Gasteiger partial charge in [0.2, 0.25) is 0 Å². The zero-order chi connectivity index (χ0) is 20.6. The van der Waals surface area contributed by atoms with E-state index in [4.69, 9.17) is 28.4 Å². The first kappa shape index (κ1) is 20.2. The molecule has 0 aliphatic rings. The Labute approximate surface area is 167 Å². The predicted molar refractivity (Wildman–Crippen MR) is 113 cm³/mol. The van der Waals surface area contributed by atoms with Crippen LogP contribution in [-0.2, 0) is 9.09 Å². The van der Waals surface area contributed by atoms with Crippen molar-refractivity contribution in [2.75, 3.05) is 7.11 Å². The van der Waals surface area contributed by atoms with Crippen molar-refractivity contribution in [2.24, 2.45) is 5.73 Å². The second kappa shape index (κ2) is 7.44. The van der Waals surface area contributed by atoms with E-state index in [0.717, 1.165) is 5.56 Å². The topological polar surface area (TPSA) is 89.5 Å². The Morgan fingerprint density at radius 3 is 2.57 bits per heavy atom. The van der Waals surface area contributed by atoms with Gasteiger partial charge >= 0.3 is 0 Å². The second-order valence-electron chi connectivity index (χ2n) is 6.69. The number of carbonyl (C=O) groups excluding carboxylic acids is 1. The van der Waals surface area contributed by atoms with Crippen molar-refractivity contribution < 1.29 is 13.9 Å². The van der Waals surface area contributed by atoms with Crippen LogP contribution in [0.15, 0.2) is 36.4 Å². The summed E-state index contributed by atoms with van der Waals surface area (Å²) in [6, 6.07) is 9.98. The van der Waals surface area contributed by atoms with E-state index in [1.54, 1.807) is 30.3 Å². The molecule has 3 aromatic rings. The third-order valence-electron chi connectivity index (χ3n) is 4.59. The number of aromatic amines is 1. The molecule has 1 heterocycles. The minimum atomic E-state index is -3.75. The number of benzene rings is 2. The number of amides is 1. The fraction of sp³-hybridized carbons (Fsp3) is 0.200. The Bertz CT molecular complexity index is 1180. The molecule has 0 fully saturated rings. The van der Waals surface area contributed by atoms with Crippen molar-refractivity contribution in [1.29, 1.82) is 0 Å². The molecule has 28 heavy (non-hydrogen) atoms. The van der Waals surface area contributed by atoms with Crippen molar-refractivity contribution in [1.82, 2.24) is 4.98 Å². The number of primary amides is 1. The van der Waals surface area contributed by atoms with Gasteiger partial charge in [0.1, 0.15) is 5.69 Å². The molecule has 0 saturated carbocycles. The number of H-pyrrole nitrogens is 1. The summed E-state index contributed by atoms with van der Waals surface area (Å²) >= 11 is 6.13. The van der Waals surface area contributed by atoms with E-state index in [1.807, 2.05) is 13.8 Å². The number of nitrogens with two attached hydrogens (primary N) is 1. The van der Waals surface area contributed by atoms with Crippen molar-refractivity contribution >= 4 is 52.1 Å². The van der Waals surface area contributed by atoms with Crippen LogP contribution in [0.5, 0.6) is 0 Å². The molecule has 0 aliphatic carbocycles. The van der Waals surface area contributed by atoms with Gasteiger partial charge in [-0.05, 0) is 36.2 Å². The van der Waals surface area contributed by atoms with E-state index in [2.05, 4.69) is 9.83 Å². The van der Waals surface area contributed by atoms with Gasteiger partial charge in [-0.2, -0.15) is 0 Å². The van der Waals surface area contributed by atoms with E-state index < -0.39 is 13.3 Å². The van der Waals surface area contributed by atoms with E-state index in [-0.39, 0.29) is 16.9 Å². The number of aromatic nitrogens is 1. The summed E-state index contributed by atoms with van der Waals surface area (Å²) in [6.07, 6.45) is 0. The molecule has 3 N–H and O–H groups in total. The van der Waals surface area contributed by atoms with Crippen LogP contribution < -0.4 is 16.3 Å². The number of nitrogens with one attached hydrogen (secondary N) is 1. The largest absolute Gasteiger partial charge is 0.364 e. The maximum absolute atomic E-state index is 14.1. The Hall–Kier alpha value is -2.58. The summed E-state index contributed by atoms with van der Waals surface area (Å²) in [4.78, 5) is 18.5. The molecule has 144 valence electrons. The van der Waals surface area contributed by atoms with Crippen LogP contribution in [0.4, 0.5) is 5.69 Å². The zero-order valence-electron chi connectivity index (χ0n) is 15.6. The van der Waals surface area contributed by atoms with Gasteiger partial charge in [0, 0.05) is 28.3 Å². The average molecular weight is 416 g/mol. The van der Waals surface area contributed by atoms with Gasteiger partial charge in [-0.3, -0.25) is 9.36 Å². The maximum Gasteiger partial charge on any atom is 0.266 e. The Kier molecular flexibility index (Phi) is 5.36. The summed E-state index contributed by atoms with van der Waals surface area (Å²) in [5.41, 5.74) is 7.31. The lowest BCUT2D eigenvalue weighted by molar-refractivity contribution is 0.0997. The number of rotatable bonds is 5. The zero-order valence-corrected chi connectivity index (χ0v) is 17.3. The molecular weight excluding hydrogens is 397 g/mol. The maximum atomic E-state index is 14.1. The van der Waals surface area contributed by atoms with Gasteiger partial charge in [-0.1, -0.05) is 37.1 Å². The lowest BCUT2D eigenvalue weighted by atomic mass is 10.0. The first-order valence-corrected chi connectivity index (χ1v) is 10.5. The van der Waals surface area contributed by atoms with Crippen LogP contribution in [0, 0.1) is 6.57 Å². The van der Waals surface area contributed by atoms with E-state index >= 15 is 0 Å². The van der Waals surface area contributed by atoms with Gasteiger partial charge in [0.15, 0.2) is 5.69 Å². The molecule has 8 heteroatoms. The number of fused-ring (bicyclic) bond motifs is 1. The molecule has 1 atom stereocenters. The highest BCUT2D eigenvalue weighted by molar-refractivity contribution is 7.75. The normalized spacial score (nSPS) is 13.4. The van der Waals surface area contributed by atoms with Gasteiger partial charge in [0.05, 0.1) is 11.9 Å². The Morgan fingerprint density at radius 1 is 1.29 bits per heavy atom. The standard InChI is InChI=1S/C20H19ClN3O3P/c1-11(2)12-7-14(23-3)10-15(8-12)28(26,27-4)19-16-9-13(21)5-6-17(16)24-18(19)20(22)25/h5-11,24H,1-2,4H3,(H2,22,25). The molecule has 0 aliphatic heterocycles. The lowest BCUT2D eigenvalue weighted by Gasteiger charge is -2.20. The summed E-state index contributed by atoms with van der Waals surface area (Å²) < 4.78 is 19.7. The molecule has 1 unspecified atom stereocenters. The van der Waals surface area contributed by atoms with Gasteiger partial charge in [-0.15, -0.1) is 0 Å². The molecule has 0 spiro atoms. The minimum absolute atomic E-state index is 0.00163. The first-order valence-electron chi connectivity index (χ1n) is 8.51. The molecule has 0 bridgehead atoms. The van der Waals surface area contributed by atoms with E-state index in [0.29, 0.717) is 26.9 Å². The molecule has 0 radical (unpaired) electrons. The third kappa shape index (κ3) is 3.33. The van der Waals surface area contributed by atoms with Crippen LogP contribution in [0.2, 0.25) is 5.02 Å². The molecule has 6 nitrogen and oxygen atoms in total. The predicted octanol–water partition coefficient (Wildman–Crippen LogP) is 4.47. The summed E-state index contributed by atoms with van der Waals surface area (Å²) in [5.74, 6) is -0.649. The van der Waals surface area contributed by atoms with Crippen LogP contribution in [0.1, 0.15) is 35.8 Å². The number of hydrogen-bond donors (Lipinski definition) is 2. The molecule has 2 aromatic carbocycles. The summed E-state index contributed by atoms with van der Waals surface area (Å²) in [7, 11) is -2.44. The minimum Gasteiger partial charge on any atom is -0.364 e. The van der Waals surface area contributed by atoms with Crippen molar-refractivity contribution in [3.05, 3.63) is 64.1 Å². The highest BCUT2D eigenvalue weighted by atomic mass is 35.5. The van der Waals surface area contributed by atoms with Crippen molar-refractivity contribution in [3.63, 3.8) is 0 Å². The third-order valence-corrected chi connectivity index (χ3v) is 7.33. The SMILES string of the molecule is [C-]#[N+]c1cc(C(C)C)cc(P(=O)(OC)c2c(C(N)=O)[nH]c3ccc(Cl)cc23)c1. The van der Waals surface area contributed by atoms with Crippen LogP contribution in [-0.4, -0.2) is 18.0 Å².